The Morgan fingerprint density at radius 3 is 2.36 bits per heavy atom. The first-order chi connectivity index (χ1) is 13.4. The van der Waals surface area contributed by atoms with Gasteiger partial charge >= 0.3 is 0 Å². The van der Waals surface area contributed by atoms with Gasteiger partial charge in [-0.3, -0.25) is 14.9 Å². The van der Waals surface area contributed by atoms with Gasteiger partial charge in [-0.05, 0) is 50.5 Å². The highest BCUT2D eigenvalue weighted by Crippen LogP contribution is 2.22. The van der Waals surface area contributed by atoms with Crippen LogP contribution >= 0.6 is 11.3 Å². The SMILES string of the molecule is Cc1cc(C)c(NC(=O)CCc2csc(NC(=O)c3ccccc3)n2)c(C)c1. The van der Waals surface area contributed by atoms with E-state index >= 15 is 0 Å². The van der Waals surface area contributed by atoms with E-state index in [4.69, 9.17) is 0 Å². The van der Waals surface area contributed by atoms with Crippen molar-refractivity contribution in [1.29, 1.82) is 0 Å². The maximum atomic E-state index is 12.3. The highest BCUT2D eigenvalue weighted by atomic mass is 32.1. The molecule has 0 radical (unpaired) electrons. The van der Waals surface area contributed by atoms with E-state index in [1.165, 1.54) is 16.9 Å². The maximum absolute atomic E-state index is 12.3. The van der Waals surface area contributed by atoms with E-state index in [1.807, 2.05) is 44.4 Å². The summed E-state index contributed by atoms with van der Waals surface area (Å²) in [7, 11) is 0. The summed E-state index contributed by atoms with van der Waals surface area (Å²) >= 11 is 1.36. The third-order valence-corrected chi connectivity index (χ3v) is 5.16. The zero-order chi connectivity index (χ0) is 20.1. The Bertz CT molecular complexity index is 973. The molecule has 0 spiro atoms. The van der Waals surface area contributed by atoms with Gasteiger partial charge in [0, 0.05) is 23.1 Å². The van der Waals surface area contributed by atoms with E-state index in [2.05, 4.69) is 27.8 Å². The van der Waals surface area contributed by atoms with Crippen LogP contribution in [0.4, 0.5) is 10.8 Å². The number of hydrogen-bond donors (Lipinski definition) is 2. The van der Waals surface area contributed by atoms with Crippen LogP contribution in [-0.4, -0.2) is 16.8 Å². The molecule has 28 heavy (non-hydrogen) atoms. The van der Waals surface area contributed by atoms with Gasteiger partial charge in [-0.15, -0.1) is 11.3 Å². The molecule has 6 heteroatoms. The number of thiazole rings is 1. The number of amides is 2. The van der Waals surface area contributed by atoms with E-state index in [-0.39, 0.29) is 11.8 Å². The normalized spacial score (nSPS) is 10.5. The van der Waals surface area contributed by atoms with Crippen molar-refractivity contribution in [2.45, 2.75) is 33.6 Å². The van der Waals surface area contributed by atoms with E-state index in [9.17, 15) is 9.59 Å². The molecular weight excluding hydrogens is 370 g/mol. The first kappa shape index (κ1) is 19.8. The average molecular weight is 394 g/mol. The minimum atomic E-state index is -0.190. The van der Waals surface area contributed by atoms with Crippen LogP contribution in [0.1, 0.15) is 39.2 Å². The molecule has 144 valence electrons. The minimum absolute atomic E-state index is 0.0436. The van der Waals surface area contributed by atoms with Crippen LogP contribution in [0.2, 0.25) is 0 Å². The molecule has 0 aliphatic carbocycles. The van der Waals surface area contributed by atoms with E-state index in [0.717, 1.165) is 22.5 Å². The lowest BCUT2D eigenvalue weighted by Gasteiger charge is -2.12. The van der Waals surface area contributed by atoms with E-state index in [0.29, 0.717) is 23.5 Å². The van der Waals surface area contributed by atoms with Gasteiger partial charge in [0.1, 0.15) is 0 Å². The molecule has 2 aromatic carbocycles. The molecule has 1 aromatic heterocycles. The van der Waals surface area contributed by atoms with E-state index in [1.54, 1.807) is 12.1 Å². The van der Waals surface area contributed by atoms with Gasteiger partial charge in [-0.25, -0.2) is 4.98 Å². The second-order valence-electron chi connectivity index (χ2n) is 6.79. The molecule has 1 heterocycles. The fraction of sp³-hybridized carbons (Fsp3) is 0.227. The van der Waals surface area contributed by atoms with Crippen LogP contribution in [-0.2, 0) is 11.2 Å². The molecule has 3 aromatic rings. The Balaban J connectivity index is 1.54. The molecule has 0 atom stereocenters. The lowest BCUT2D eigenvalue weighted by molar-refractivity contribution is -0.116. The van der Waals surface area contributed by atoms with Crippen molar-refractivity contribution in [2.24, 2.45) is 0 Å². The van der Waals surface area contributed by atoms with Crippen molar-refractivity contribution in [3.05, 3.63) is 75.8 Å². The van der Waals surface area contributed by atoms with Crippen molar-refractivity contribution < 1.29 is 9.59 Å². The lowest BCUT2D eigenvalue weighted by Crippen LogP contribution is -2.14. The highest BCUT2D eigenvalue weighted by Gasteiger charge is 2.11. The molecule has 2 N–H and O–H groups in total. The van der Waals surface area contributed by atoms with Gasteiger partial charge in [0.05, 0.1) is 5.69 Å². The van der Waals surface area contributed by atoms with Crippen LogP contribution in [0, 0.1) is 20.8 Å². The number of benzene rings is 2. The Morgan fingerprint density at radius 2 is 1.68 bits per heavy atom. The Hall–Kier alpha value is -2.99. The van der Waals surface area contributed by atoms with Gasteiger partial charge in [0.15, 0.2) is 5.13 Å². The van der Waals surface area contributed by atoms with Gasteiger partial charge in [0.2, 0.25) is 5.91 Å². The standard InChI is InChI=1S/C22H23N3O2S/c1-14-11-15(2)20(16(3)12-14)24-19(26)10-9-18-13-28-22(23-18)25-21(27)17-7-5-4-6-8-17/h4-8,11-13H,9-10H2,1-3H3,(H,24,26)(H,23,25,27). The highest BCUT2D eigenvalue weighted by molar-refractivity contribution is 7.14. The second-order valence-corrected chi connectivity index (χ2v) is 7.64. The van der Waals surface area contributed by atoms with Crippen molar-refractivity contribution in [3.63, 3.8) is 0 Å². The fourth-order valence-corrected chi connectivity index (χ4v) is 3.80. The monoisotopic (exact) mass is 393 g/mol. The number of rotatable bonds is 6. The van der Waals surface area contributed by atoms with Crippen LogP contribution < -0.4 is 10.6 Å². The molecule has 0 fully saturated rings. The van der Waals surface area contributed by atoms with Crippen molar-refractivity contribution in [3.8, 4) is 0 Å². The van der Waals surface area contributed by atoms with Crippen LogP contribution in [0.15, 0.2) is 47.8 Å². The summed E-state index contributed by atoms with van der Waals surface area (Å²) in [6.45, 7) is 6.04. The molecule has 2 amide bonds. The Morgan fingerprint density at radius 1 is 1.00 bits per heavy atom. The largest absolute Gasteiger partial charge is 0.326 e. The van der Waals surface area contributed by atoms with Gasteiger partial charge in [0.25, 0.3) is 5.91 Å². The summed E-state index contributed by atoms with van der Waals surface area (Å²) in [4.78, 5) is 28.9. The van der Waals surface area contributed by atoms with Gasteiger partial charge in [-0.2, -0.15) is 0 Å². The number of hydrogen-bond acceptors (Lipinski definition) is 4. The molecule has 3 rings (SSSR count). The summed E-state index contributed by atoms with van der Waals surface area (Å²) < 4.78 is 0. The number of aromatic nitrogens is 1. The molecule has 0 unspecified atom stereocenters. The summed E-state index contributed by atoms with van der Waals surface area (Å²) in [5.74, 6) is -0.234. The molecule has 0 saturated heterocycles. The molecule has 0 aliphatic rings. The number of nitrogens with one attached hydrogen (secondary N) is 2. The van der Waals surface area contributed by atoms with Crippen molar-refractivity contribution in [1.82, 2.24) is 4.98 Å². The number of aryl methyl sites for hydroxylation is 4. The number of carbonyl (C=O) groups is 2. The first-order valence-corrected chi connectivity index (χ1v) is 9.99. The van der Waals surface area contributed by atoms with Gasteiger partial charge in [-0.1, -0.05) is 35.9 Å². The summed E-state index contributed by atoms with van der Waals surface area (Å²) in [5, 5.41) is 8.21. The minimum Gasteiger partial charge on any atom is -0.326 e. The zero-order valence-electron chi connectivity index (χ0n) is 16.2. The molecular formula is C22H23N3O2S. The smallest absolute Gasteiger partial charge is 0.257 e. The summed E-state index contributed by atoms with van der Waals surface area (Å²) in [5.41, 5.74) is 5.56. The Labute approximate surface area is 168 Å². The van der Waals surface area contributed by atoms with Crippen LogP contribution in [0.5, 0.6) is 0 Å². The van der Waals surface area contributed by atoms with Crippen LogP contribution in [0.3, 0.4) is 0 Å². The quantitative estimate of drug-likeness (QED) is 0.626. The summed E-state index contributed by atoms with van der Waals surface area (Å²) in [6.07, 6.45) is 0.857. The number of carbonyl (C=O) groups excluding carboxylic acids is 2. The average Bonchev–Trinajstić information content (AvgIpc) is 3.11. The second kappa shape index (κ2) is 8.80. The fourth-order valence-electron chi connectivity index (χ4n) is 3.06. The molecule has 0 aliphatic heterocycles. The molecule has 0 bridgehead atoms. The first-order valence-electron chi connectivity index (χ1n) is 9.11. The van der Waals surface area contributed by atoms with Crippen molar-refractivity contribution >= 4 is 34.0 Å². The number of nitrogens with zero attached hydrogens (tertiary/aromatic N) is 1. The predicted octanol–water partition coefficient (Wildman–Crippen LogP) is 4.89. The predicted molar refractivity (Wildman–Crippen MR) is 114 cm³/mol. The van der Waals surface area contributed by atoms with Crippen molar-refractivity contribution in [2.75, 3.05) is 10.6 Å². The Kier molecular flexibility index (Phi) is 6.21. The molecule has 0 saturated carbocycles. The van der Waals surface area contributed by atoms with E-state index < -0.39 is 0 Å². The lowest BCUT2D eigenvalue weighted by atomic mass is 10.0. The van der Waals surface area contributed by atoms with Crippen LogP contribution in [0.25, 0.3) is 0 Å². The third kappa shape index (κ3) is 5.04. The third-order valence-electron chi connectivity index (χ3n) is 4.36. The van der Waals surface area contributed by atoms with Gasteiger partial charge < -0.3 is 5.32 Å². The summed E-state index contributed by atoms with van der Waals surface area (Å²) in [6, 6.07) is 13.1. The molecule has 5 nitrogen and oxygen atoms in total. The number of anilines is 2. The topological polar surface area (TPSA) is 71.1 Å². The maximum Gasteiger partial charge on any atom is 0.257 e. The zero-order valence-corrected chi connectivity index (χ0v) is 17.0.